The molecule has 1 heterocycles. The number of rotatable bonds is 0. The summed E-state index contributed by atoms with van der Waals surface area (Å²) >= 11 is 3.48. The van der Waals surface area contributed by atoms with E-state index in [-0.39, 0.29) is 18.4 Å². The summed E-state index contributed by atoms with van der Waals surface area (Å²) in [6.45, 7) is 0. The molecule has 2 aromatic rings. The SMILES string of the molecule is Cl.Nc1nc(N)c2c(n1)CCc1cc(Br)ccc1-2. The molecule has 0 bridgehead atoms. The minimum Gasteiger partial charge on any atom is -0.383 e. The summed E-state index contributed by atoms with van der Waals surface area (Å²) < 4.78 is 1.08. The number of nitrogens with zero attached hydrogens (tertiary/aromatic N) is 2. The molecule has 0 atom stereocenters. The van der Waals surface area contributed by atoms with Crippen molar-refractivity contribution in [3.8, 4) is 11.1 Å². The predicted molar refractivity (Wildman–Crippen MR) is 78.6 cm³/mol. The number of benzene rings is 1. The fourth-order valence-corrected chi connectivity index (χ4v) is 2.70. The van der Waals surface area contributed by atoms with Crippen LogP contribution in [-0.4, -0.2) is 9.97 Å². The van der Waals surface area contributed by atoms with Crippen LogP contribution in [0.2, 0.25) is 0 Å². The first-order chi connectivity index (χ1) is 8.15. The van der Waals surface area contributed by atoms with E-state index in [9.17, 15) is 0 Å². The quantitative estimate of drug-likeness (QED) is 0.779. The fourth-order valence-electron chi connectivity index (χ4n) is 2.29. The zero-order chi connectivity index (χ0) is 12.0. The van der Waals surface area contributed by atoms with E-state index < -0.39 is 0 Å². The lowest BCUT2D eigenvalue weighted by molar-refractivity contribution is 0.889. The molecule has 1 aromatic carbocycles. The lowest BCUT2D eigenvalue weighted by Gasteiger charge is -2.20. The summed E-state index contributed by atoms with van der Waals surface area (Å²) in [4.78, 5) is 8.31. The van der Waals surface area contributed by atoms with Gasteiger partial charge in [0.15, 0.2) is 0 Å². The van der Waals surface area contributed by atoms with Gasteiger partial charge in [0, 0.05) is 10.0 Å². The van der Waals surface area contributed by atoms with Crippen molar-refractivity contribution in [1.82, 2.24) is 9.97 Å². The number of nitrogen functional groups attached to an aromatic ring is 2. The van der Waals surface area contributed by atoms with Crippen LogP contribution in [0.25, 0.3) is 11.1 Å². The van der Waals surface area contributed by atoms with Crippen molar-refractivity contribution < 1.29 is 0 Å². The van der Waals surface area contributed by atoms with Gasteiger partial charge in [-0.15, -0.1) is 12.4 Å². The van der Waals surface area contributed by atoms with Gasteiger partial charge in [0.2, 0.25) is 5.95 Å². The molecule has 4 N–H and O–H groups in total. The standard InChI is InChI=1S/C12H11BrN4.ClH/c13-7-2-3-8-6(5-7)1-4-9-10(8)11(14)17-12(15)16-9;/h2-3,5H,1,4H2,(H4,14,15,16,17);1H. The van der Waals surface area contributed by atoms with Crippen LogP contribution in [0, 0.1) is 0 Å². The summed E-state index contributed by atoms with van der Waals surface area (Å²) in [5.74, 6) is 0.720. The largest absolute Gasteiger partial charge is 0.383 e. The second-order valence-corrected chi connectivity index (χ2v) is 5.01. The summed E-state index contributed by atoms with van der Waals surface area (Å²) in [6.07, 6.45) is 1.81. The Bertz CT molecular complexity index is 615. The minimum absolute atomic E-state index is 0. The van der Waals surface area contributed by atoms with Crippen LogP contribution < -0.4 is 11.5 Å². The Morgan fingerprint density at radius 1 is 1.11 bits per heavy atom. The van der Waals surface area contributed by atoms with Crippen molar-refractivity contribution in [3.05, 3.63) is 33.9 Å². The van der Waals surface area contributed by atoms with Crippen molar-refractivity contribution >= 4 is 40.1 Å². The average molecular weight is 328 g/mol. The Balaban J connectivity index is 0.00000120. The molecule has 1 aliphatic carbocycles. The van der Waals surface area contributed by atoms with Gasteiger partial charge in [-0.05, 0) is 36.1 Å². The van der Waals surface area contributed by atoms with Crippen LogP contribution in [0.15, 0.2) is 22.7 Å². The number of aryl methyl sites for hydroxylation is 2. The highest BCUT2D eigenvalue weighted by atomic mass is 79.9. The molecule has 0 amide bonds. The van der Waals surface area contributed by atoms with Crippen molar-refractivity contribution in [2.75, 3.05) is 11.5 Å². The van der Waals surface area contributed by atoms with Crippen molar-refractivity contribution in [2.45, 2.75) is 12.8 Å². The van der Waals surface area contributed by atoms with Gasteiger partial charge in [-0.1, -0.05) is 22.0 Å². The topological polar surface area (TPSA) is 77.8 Å². The van der Waals surface area contributed by atoms with Crippen LogP contribution in [0.3, 0.4) is 0 Å². The molecular weight excluding hydrogens is 316 g/mol. The Morgan fingerprint density at radius 2 is 1.89 bits per heavy atom. The van der Waals surface area contributed by atoms with E-state index in [4.69, 9.17) is 11.5 Å². The van der Waals surface area contributed by atoms with Crippen LogP contribution in [0.1, 0.15) is 11.3 Å². The smallest absolute Gasteiger partial charge is 0.222 e. The molecule has 0 aliphatic heterocycles. The van der Waals surface area contributed by atoms with Crippen molar-refractivity contribution in [3.63, 3.8) is 0 Å². The number of nitrogens with two attached hydrogens (primary N) is 2. The second-order valence-electron chi connectivity index (χ2n) is 4.09. The molecule has 0 radical (unpaired) electrons. The molecule has 3 rings (SSSR count). The van der Waals surface area contributed by atoms with E-state index in [1.165, 1.54) is 5.56 Å². The Kier molecular flexibility index (Phi) is 3.45. The van der Waals surface area contributed by atoms with Crippen LogP contribution in [0.4, 0.5) is 11.8 Å². The molecule has 18 heavy (non-hydrogen) atoms. The zero-order valence-electron chi connectivity index (χ0n) is 9.48. The Labute approximate surface area is 119 Å². The maximum absolute atomic E-state index is 5.95. The highest BCUT2D eigenvalue weighted by molar-refractivity contribution is 9.10. The van der Waals surface area contributed by atoms with Gasteiger partial charge in [0.25, 0.3) is 0 Å². The Morgan fingerprint density at radius 3 is 2.67 bits per heavy atom. The molecule has 0 spiro atoms. The van der Waals surface area contributed by atoms with E-state index in [1.807, 2.05) is 12.1 Å². The Hall–Kier alpha value is -1.33. The van der Waals surface area contributed by atoms with Gasteiger partial charge in [-0.25, -0.2) is 4.98 Å². The van der Waals surface area contributed by atoms with E-state index in [2.05, 4.69) is 32.0 Å². The van der Waals surface area contributed by atoms with E-state index >= 15 is 0 Å². The lowest BCUT2D eigenvalue weighted by Crippen LogP contribution is -2.12. The fraction of sp³-hybridized carbons (Fsp3) is 0.167. The van der Waals surface area contributed by atoms with Crippen molar-refractivity contribution in [1.29, 1.82) is 0 Å². The predicted octanol–water partition coefficient (Wildman–Crippen LogP) is 2.59. The van der Waals surface area contributed by atoms with Gasteiger partial charge in [-0.2, -0.15) is 4.98 Å². The lowest BCUT2D eigenvalue weighted by atomic mass is 9.89. The third-order valence-corrected chi connectivity index (χ3v) is 3.49. The second kappa shape index (κ2) is 4.74. The number of halogens is 2. The number of hydrogen-bond donors (Lipinski definition) is 2. The highest BCUT2D eigenvalue weighted by Gasteiger charge is 2.21. The summed E-state index contributed by atoms with van der Waals surface area (Å²) in [5, 5.41) is 0. The molecule has 4 nitrogen and oxygen atoms in total. The first-order valence-corrected chi connectivity index (χ1v) is 6.15. The molecule has 0 fully saturated rings. The molecule has 6 heteroatoms. The maximum Gasteiger partial charge on any atom is 0.222 e. The monoisotopic (exact) mass is 326 g/mol. The van der Waals surface area contributed by atoms with Gasteiger partial charge in [-0.3, -0.25) is 0 Å². The number of hydrogen-bond acceptors (Lipinski definition) is 4. The number of fused-ring (bicyclic) bond motifs is 3. The van der Waals surface area contributed by atoms with Gasteiger partial charge in [0.05, 0.1) is 5.69 Å². The summed E-state index contributed by atoms with van der Waals surface area (Å²) in [7, 11) is 0. The van der Waals surface area contributed by atoms with E-state index in [1.54, 1.807) is 0 Å². The number of aromatic nitrogens is 2. The molecule has 1 aliphatic rings. The van der Waals surface area contributed by atoms with E-state index in [0.29, 0.717) is 5.82 Å². The zero-order valence-corrected chi connectivity index (χ0v) is 11.9. The number of anilines is 2. The third-order valence-electron chi connectivity index (χ3n) is 3.00. The minimum atomic E-state index is 0. The average Bonchev–Trinajstić information content (AvgIpc) is 2.28. The maximum atomic E-state index is 5.95. The summed E-state index contributed by atoms with van der Waals surface area (Å²) in [5.41, 5.74) is 15.8. The highest BCUT2D eigenvalue weighted by Crippen LogP contribution is 2.37. The molecule has 94 valence electrons. The van der Waals surface area contributed by atoms with Gasteiger partial charge < -0.3 is 11.5 Å². The normalized spacial score (nSPS) is 12.3. The molecule has 0 saturated heterocycles. The van der Waals surface area contributed by atoms with Gasteiger partial charge >= 0.3 is 0 Å². The summed E-state index contributed by atoms with van der Waals surface area (Å²) in [6, 6.07) is 6.17. The molecular formula is C12H12BrClN4. The molecule has 1 aromatic heterocycles. The van der Waals surface area contributed by atoms with Gasteiger partial charge in [0.1, 0.15) is 5.82 Å². The molecule has 0 unspecified atom stereocenters. The van der Waals surface area contributed by atoms with Crippen LogP contribution >= 0.6 is 28.3 Å². The molecule has 0 saturated carbocycles. The van der Waals surface area contributed by atoms with Crippen LogP contribution in [-0.2, 0) is 12.8 Å². The third kappa shape index (κ3) is 2.04. The van der Waals surface area contributed by atoms with E-state index in [0.717, 1.165) is 34.1 Å². The first kappa shape index (κ1) is 13.1. The van der Waals surface area contributed by atoms with Crippen molar-refractivity contribution in [2.24, 2.45) is 0 Å². The first-order valence-electron chi connectivity index (χ1n) is 5.36. The van der Waals surface area contributed by atoms with Crippen LogP contribution in [0.5, 0.6) is 0 Å².